The van der Waals surface area contributed by atoms with Crippen LogP contribution in [0.2, 0.25) is 0 Å². The fourth-order valence-corrected chi connectivity index (χ4v) is 14.6. The maximum absolute atomic E-state index is 7.07. The summed E-state index contributed by atoms with van der Waals surface area (Å²) in [5.41, 5.74) is 9.62. The average molecular weight is 983 g/mol. The first-order chi connectivity index (χ1) is 30.6. The van der Waals surface area contributed by atoms with Gasteiger partial charge in [0, 0.05) is 0 Å². The van der Waals surface area contributed by atoms with Gasteiger partial charge in [-0.05, 0) is 0 Å². The molecule has 0 radical (unpaired) electrons. The van der Waals surface area contributed by atoms with Crippen LogP contribution in [0.1, 0.15) is 105 Å². The monoisotopic (exact) mass is 984 g/mol. The molecule has 6 aromatic carbocycles. The van der Waals surface area contributed by atoms with Gasteiger partial charge in [-0.25, -0.2) is 0 Å². The van der Waals surface area contributed by atoms with E-state index in [0.29, 0.717) is 0 Å². The van der Waals surface area contributed by atoms with Crippen LogP contribution in [0.25, 0.3) is 82.6 Å². The quantitative estimate of drug-likeness (QED) is 0.156. The Morgan fingerprint density at radius 3 is 1.17 bits per heavy atom. The zero-order valence-corrected chi connectivity index (χ0v) is 43.5. The van der Waals surface area contributed by atoms with Crippen molar-refractivity contribution >= 4 is 89.1 Å². The van der Waals surface area contributed by atoms with Gasteiger partial charge < -0.3 is 0 Å². The molecule has 4 aromatic heterocycles. The molecular formula is C60H60N2OSe2. The second-order valence-corrected chi connectivity index (χ2v) is 27.2. The van der Waals surface area contributed by atoms with Gasteiger partial charge in [-0.15, -0.1) is 0 Å². The molecule has 0 N–H and O–H groups in total. The van der Waals surface area contributed by atoms with Crippen LogP contribution >= 0.6 is 0 Å². The zero-order valence-electron chi connectivity index (χ0n) is 40.1. The van der Waals surface area contributed by atoms with Crippen LogP contribution in [0.3, 0.4) is 0 Å². The van der Waals surface area contributed by atoms with Crippen molar-refractivity contribution in [2.45, 2.75) is 107 Å². The molecule has 0 bridgehead atoms. The summed E-state index contributed by atoms with van der Waals surface area (Å²) in [4.78, 5) is 10.2. The third-order valence-electron chi connectivity index (χ3n) is 12.7. The average Bonchev–Trinajstić information content (AvgIpc) is 3.79. The molecule has 0 spiro atoms. The molecule has 4 heterocycles. The third kappa shape index (κ3) is 8.63. The van der Waals surface area contributed by atoms with E-state index in [9.17, 15) is 0 Å². The van der Waals surface area contributed by atoms with Gasteiger partial charge in [-0.2, -0.15) is 0 Å². The van der Waals surface area contributed by atoms with Crippen molar-refractivity contribution in [1.82, 2.24) is 9.97 Å². The molecular weight excluding hydrogens is 923 g/mol. The van der Waals surface area contributed by atoms with E-state index in [1.165, 1.54) is 82.4 Å². The number of aromatic nitrogens is 2. The summed E-state index contributed by atoms with van der Waals surface area (Å²) in [5.74, 6) is 1.62. The van der Waals surface area contributed by atoms with Gasteiger partial charge >= 0.3 is 399 Å². The first-order valence-corrected chi connectivity index (χ1v) is 26.5. The number of hydrogen-bond acceptors (Lipinski definition) is 3. The minimum atomic E-state index is -0.115. The summed E-state index contributed by atoms with van der Waals surface area (Å²) in [6, 6.07) is 41.6. The minimum absolute atomic E-state index is 0.115. The number of fused-ring (bicyclic) bond motifs is 10. The van der Waals surface area contributed by atoms with Gasteiger partial charge in [0.2, 0.25) is 0 Å². The van der Waals surface area contributed by atoms with Crippen LogP contribution in [0.15, 0.2) is 122 Å². The second kappa shape index (κ2) is 15.8. The summed E-state index contributed by atoms with van der Waals surface area (Å²) in [6.07, 6.45) is 6.14. The number of nitrogens with zero attached hydrogens (tertiary/aromatic N) is 2. The van der Waals surface area contributed by atoms with Crippen molar-refractivity contribution in [3.63, 3.8) is 0 Å². The number of benzene rings is 6. The Labute approximate surface area is 396 Å². The Morgan fingerprint density at radius 1 is 0.400 bits per heavy atom. The maximum atomic E-state index is 7.07. The van der Waals surface area contributed by atoms with E-state index >= 15 is 0 Å². The number of rotatable bonds is 6. The van der Waals surface area contributed by atoms with Crippen molar-refractivity contribution in [2.75, 3.05) is 0 Å². The van der Waals surface area contributed by atoms with Gasteiger partial charge in [0.1, 0.15) is 0 Å². The van der Waals surface area contributed by atoms with E-state index in [1.807, 2.05) is 12.4 Å². The van der Waals surface area contributed by atoms with E-state index in [4.69, 9.17) is 14.7 Å². The molecule has 328 valence electrons. The van der Waals surface area contributed by atoms with E-state index < -0.39 is 0 Å². The predicted octanol–water partition coefficient (Wildman–Crippen LogP) is 16.4. The molecule has 65 heavy (non-hydrogen) atoms. The molecule has 0 aliphatic rings. The van der Waals surface area contributed by atoms with Crippen molar-refractivity contribution < 1.29 is 4.74 Å². The summed E-state index contributed by atoms with van der Waals surface area (Å²) in [7, 11) is 0. The summed E-state index contributed by atoms with van der Waals surface area (Å²) >= 11 is 0.447. The summed E-state index contributed by atoms with van der Waals surface area (Å²) in [6.45, 7) is 27.6. The van der Waals surface area contributed by atoms with Crippen LogP contribution in [-0.4, -0.2) is 39.0 Å². The topological polar surface area (TPSA) is 35.0 Å². The van der Waals surface area contributed by atoms with Crippen LogP contribution in [0, 0.1) is 10.8 Å². The van der Waals surface area contributed by atoms with Crippen molar-refractivity contribution in [3.8, 4) is 34.0 Å². The fourth-order valence-electron chi connectivity index (χ4n) is 9.57. The van der Waals surface area contributed by atoms with Gasteiger partial charge in [-0.3, -0.25) is 0 Å². The number of ether oxygens (including phenoxy) is 1. The van der Waals surface area contributed by atoms with Crippen molar-refractivity contribution in [2.24, 2.45) is 10.8 Å². The van der Waals surface area contributed by atoms with Gasteiger partial charge in [0.05, 0.1) is 0 Å². The van der Waals surface area contributed by atoms with Crippen LogP contribution in [0.5, 0.6) is 11.5 Å². The zero-order chi connectivity index (χ0) is 45.8. The van der Waals surface area contributed by atoms with E-state index in [2.05, 4.69) is 192 Å². The third-order valence-corrected chi connectivity index (χ3v) is 17.8. The number of pyridine rings is 2. The van der Waals surface area contributed by atoms with Gasteiger partial charge in [0.15, 0.2) is 0 Å². The van der Waals surface area contributed by atoms with Crippen LogP contribution in [-0.2, 0) is 23.7 Å². The summed E-state index contributed by atoms with van der Waals surface area (Å²) in [5, 5.41) is 10.5. The Balaban J connectivity index is 1.07. The molecule has 3 nitrogen and oxygen atoms in total. The SMILES string of the molecule is CC(C)(C)Cc1ccc2[se]c3c4ccnc(-c5cc(Oc6cc(-c7nccc8c7ccc7c9cc(CC(C)(C)C)ccc9[se]c87)cc(C(C)(C)C)c6)cc(C(C)(C)C)c5)c4ccc3c2c1. The Kier molecular flexibility index (Phi) is 10.7. The first-order valence-electron chi connectivity index (χ1n) is 23.1. The molecule has 0 aliphatic carbocycles. The van der Waals surface area contributed by atoms with E-state index in [-0.39, 0.29) is 50.7 Å². The van der Waals surface area contributed by atoms with Crippen molar-refractivity contribution in [1.29, 1.82) is 0 Å². The Hall–Kier alpha value is -5.02. The van der Waals surface area contributed by atoms with Gasteiger partial charge in [0.25, 0.3) is 0 Å². The molecule has 0 saturated heterocycles. The molecule has 5 heteroatoms. The first kappa shape index (κ1) is 43.8. The summed E-state index contributed by atoms with van der Waals surface area (Å²) < 4.78 is 12.9. The Bertz CT molecular complexity index is 3270. The molecule has 0 aliphatic heterocycles. The fraction of sp³-hybridized carbons (Fsp3) is 0.300. The normalized spacial score (nSPS) is 13.0. The molecule has 0 amide bonds. The molecule has 0 atom stereocenters. The molecule has 10 aromatic rings. The van der Waals surface area contributed by atoms with Crippen molar-refractivity contribution in [3.05, 3.63) is 144 Å². The molecule has 0 fully saturated rings. The molecule has 0 saturated carbocycles. The second-order valence-electron chi connectivity index (χ2n) is 22.8. The molecule has 0 unspecified atom stereocenters. The molecule has 10 rings (SSSR count). The van der Waals surface area contributed by atoms with Crippen LogP contribution < -0.4 is 4.74 Å². The van der Waals surface area contributed by atoms with Crippen LogP contribution in [0.4, 0.5) is 0 Å². The standard InChI is InChI=1S/C60H60N2OSe2/c1-57(2,3)33-35-13-19-51-49(25-35)45-17-15-43-47(55(45)64-51)21-23-61-53(43)37-27-39(59(7,8)9)31-41(29-37)63-42-30-38(28-40(32-42)60(10,11)12)54-44-16-18-46-50-26-36(34-58(4,5)6)14-20-52(50)65-56(46)48(44)22-24-62-54/h13-32H,33-34H2,1-12H3. The predicted molar refractivity (Wildman–Crippen MR) is 282 cm³/mol. The van der Waals surface area contributed by atoms with Gasteiger partial charge in [-0.1, -0.05) is 0 Å². The van der Waals surface area contributed by atoms with E-state index in [0.717, 1.165) is 46.9 Å². The van der Waals surface area contributed by atoms with E-state index in [1.54, 1.807) is 0 Å². The number of hydrogen-bond donors (Lipinski definition) is 0. The Morgan fingerprint density at radius 2 is 0.785 bits per heavy atom.